The number of carbonyl (C=O) groups excluding carboxylic acids is 1. The fraction of sp³-hybridized carbons (Fsp3) is 0.238. The summed E-state index contributed by atoms with van der Waals surface area (Å²) in [7, 11) is 1.99. The van der Waals surface area contributed by atoms with Gasteiger partial charge in [0.1, 0.15) is 11.5 Å². The Labute approximate surface area is 173 Å². The lowest BCUT2D eigenvalue weighted by Gasteiger charge is -2.18. The van der Waals surface area contributed by atoms with Gasteiger partial charge >= 0.3 is 0 Å². The molecule has 0 radical (unpaired) electrons. The van der Waals surface area contributed by atoms with Crippen LogP contribution in [-0.4, -0.2) is 42.6 Å². The van der Waals surface area contributed by atoms with Gasteiger partial charge in [0.25, 0.3) is 5.91 Å². The summed E-state index contributed by atoms with van der Waals surface area (Å²) < 4.78 is 2.05. The molecule has 0 fully saturated rings. The van der Waals surface area contributed by atoms with Gasteiger partial charge in [0.2, 0.25) is 0 Å². The van der Waals surface area contributed by atoms with Crippen LogP contribution < -0.4 is 5.32 Å². The van der Waals surface area contributed by atoms with E-state index in [9.17, 15) is 4.79 Å². The number of rotatable bonds is 7. The predicted octanol–water partition coefficient (Wildman–Crippen LogP) is 3.58. The zero-order chi connectivity index (χ0) is 20.2. The molecule has 1 aromatic carbocycles. The molecule has 0 bridgehead atoms. The number of thioether (sulfide) groups is 1. The number of imidazole rings is 1. The zero-order valence-corrected chi connectivity index (χ0v) is 17.1. The summed E-state index contributed by atoms with van der Waals surface area (Å²) in [6.45, 7) is 0. The van der Waals surface area contributed by atoms with Crippen molar-refractivity contribution in [1.29, 1.82) is 0 Å². The molecule has 1 amide bonds. The number of H-pyrrole nitrogens is 1. The van der Waals surface area contributed by atoms with Crippen LogP contribution in [0.3, 0.4) is 0 Å². The van der Waals surface area contributed by atoms with E-state index in [4.69, 9.17) is 4.98 Å². The van der Waals surface area contributed by atoms with Crippen molar-refractivity contribution in [1.82, 2.24) is 30.0 Å². The molecule has 8 heteroatoms. The number of carbonyl (C=O) groups is 1. The van der Waals surface area contributed by atoms with E-state index in [1.54, 1.807) is 30.2 Å². The summed E-state index contributed by atoms with van der Waals surface area (Å²) in [4.78, 5) is 21.8. The molecule has 3 aromatic heterocycles. The van der Waals surface area contributed by atoms with Crippen molar-refractivity contribution in [3.63, 3.8) is 0 Å². The Morgan fingerprint density at radius 3 is 2.90 bits per heavy atom. The minimum absolute atomic E-state index is 0.197. The van der Waals surface area contributed by atoms with Crippen LogP contribution in [0.1, 0.15) is 28.8 Å². The van der Waals surface area contributed by atoms with Gasteiger partial charge in [0, 0.05) is 25.0 Å². The number of hydrogen-bond acceptors (Lipinski definition) is 5. The average molecular weight is 407 g/mol. The monoisotopic (exact) mass is 406 g/mol. The SMILES string of the molecule is CSCCC(NC(=O)c1cc(-c2cccnc2)n[nH]1)c1nc2ccccc2n1C. The molecule has 1 atom stereocenters. The van der Waals surface area contributed by atoms with Crippen molar-refractivity contribution in [2.24, 2.45) is 7.05 Å². The van der Waals surface area contributed by atoms with Gasteiger partial charge in [0.15, 0.2) is 0 Å². The van der Waals surface area contributed by atoms with Gasteiger partial charge < -0.3 is 9.88 Å². The number of benzene rings is 1. The quantitative estimate of drug-likeness (QED) is 0.490. The molecule has 7 nitrogen and oxygen atoms in total. The molecule has 0 aliphatic heterocycles. The third-order valence-corrected chi connectivity index (χ3v) is 5.47. The maximum absolute atomic E-state index is 12.9. The second-order valence-electron chi connectivity index (χ2n) is 6.73. The zero-order valence-electron chi connectivity index (χ0n) is 16.3. The van der Waals surface area contributed by atoms with E-state index >= 15 is 0 Å². The lowest BCUT2D eigenvalue weighted by molar-refractivity contribution is 0.0928. The van der Waals surface area contributed by atoms with Gasteiger partial charge in [0.05, 0.1) is 22.8 Å². The highest BCUT2D eigenvalue weighted by molar-refractivity contribution is 7.98. The standard InChI is InChI=1S/C21H22N6OS/c1-27-19-8-4-3-7-15(19)23-20(27)16(9-11-29-2)24-21(28)18-12-17(25-26-18)14-6-5-10-22-13-14/h3-8,10,12-13,16H,9,11H2,1-2H3,(H,24,28)(H,25,26). The van der Waals surface area contributed by atoms with Gasteiger partial charge in [-0.25, -0.2) is 4.98 Å². The summed E-state index contributed by atoms with van der Waals surface area (Å²) in [5, 5.41) is 10.2. The molecular formula is C21H22N6OS. The predicted molar refractivity (Wildman–Crippen MR) is 116 cm³/mol. The number of aryl methyl sites for hydroxylation is 1. The molecule has 0 saturated heterocycles. The normalized spacial score (nSPS) is 12.2. The molecule has 4 aromatic rings. The van der Waals surface area contributed by atoms with Crippen LogP contribution in [0.2, 0.25) is 0 Å². The highest BCUT2D eigenvalue weighted by atomic mass is 32.2. The van der Waals surface area contributed by atoms with Crippen molar-refractivity contribution in [2.75, 3.05) is 12.0 Å². The number of nitrogens with zero attached hydrogens (tertiary/aromatic N) is 4. The number of nitrogens with one attached hydrogen (secondary N) is 2. The van der Waals surface area contributed by atoms with Crippen molar-refractivity contribution in [2.45, 2.75) is 12.5 Å². The molecule has 0 aliphatic rings. The maximum atomic E-state index is 12.9. The Morgan fingerprint density at radius 1 is 1.28 bits per heavy atom. The van der Waals surface area contributed by atoms with E-state index in [-0.39, 0.29) is 11.9 Å². The summed E-state index contributed by atoms with van der Waals surface area (Å²) in [5.41, 5.74) is 3.93. The van der Waals surface area contributed by atoms with Crippen LogP contribution in [0, 0.1) is 0 Å². The summed E-state index contributed by atoms with van der Waals surface area (Å²) >= 11 is 1.75. The first-order valence-corrected chi connectivity index (χ1v) is 10.7. The molecule has 3 heterocycles. The number of fused-ring (bicyclic) bond motifs is 1. The van der Waals surface area contributed by atoms with E-state index < -0.39 is 0 Å². The number of pyridine rings is 1. The molecule has 0 saturated carbocycles. The Kier molecular flexibility index (Phi) is 5.62. The molecule has 2 N–H and O–H groups in total. The Morgan fingerprint density at radius 2 is 2.14 bits per heavy atom. The molecule has 1 unspecified atom stereocenters. The number of para-hydroxylation sites is 2. The molecule has 29 heavy (non-hydrogen) atoms. The smallest absolute Gasteiger partial charge is 0.269 e. The lowest BCUT2D eigenvalue weighted by Crippen LogP contribution is -2.31. The van der Waals surface area contributed by atoms with Gasteiger partial charge in [-0.3, -0.25) is 14.9 Å². The number of hydrogen-bond donors (Lipinski definition) is 2. The third kappa shape index (κ3) is 4.02. The van der Waals surface area contributed by atoms with Crippen LogP contribution in [0.4, 0.5) is 0 Å². The topological polar surface area (TPSA) is 88.5 Å². The Bertz CT molecular complexity index is 1120. The highest BCUT2D eigenvalue weighted by Crippen LogP contribution is 2.23. The first-order valence-electron chi connectivity index (χ1n) is 9.34. The van der Waals surface area contributed by atoms with Crippen molar-refractivity contribution >= 4 is 28.7 Å². The minimum Gasteiger partial charge on any atom is -0.341 e. The summed E-state index contributed by atoms with van der Waals surface area (Å²) in [6.07, 6.45) is 6.27. The van der Waals surface area contributed by atoms with Gasteiger partial charge in [-0.1, -0.05) is 12.1 Å². The highest BCUT2D eigenvalue weighted by Gasteiger charge is 2.22. The van der Waals surface area contributed by atoms with Gasteiger partial charge in [-0.2, -0.15) is 16.9 Å². The first kappa shape index (κ1) is 19.2. The fourth-order valence-corrected chi connectivity index (χ4v) is 3.78. The second-order valence-corrected chi connectivity index (χ2v) is 7.72. The van der Waals surface area contributed by atoms with E-state index in [0.717, 1.165) is 34.6 Å². The maximum Gasteiger partial charge on any atom is 0.269 e. The van der Waals surface area contributed by atoms with E-state index in [1.165, 1.54) is 0 Å². The summed E-state index contributed by atoms with van der Waals surface area (Å²) in [6, 6.07) is 13.3. The number of amides is 1. The van der Waals surface area contributed by atoms with Crippen molar-refractivity contribution in [3.05, 3.63) is 66.4 Å². The number of aromatic nitrogens is 5. The van der Waals surface area contributed by atoms with Crippen LogP contribution in [0.5, 0.6) is 0 Å². The van der Waals surface area contributed by atoms with Crippen molar-refractivity contribution in [3.8, 4) is 11.3 Å². The summed E-state index contributed by atoms with van der Waals surface area (Å²) in [5.74, 6) is 1.56. The molecule has 148 valence electrons. The van der Waals surface area contributed by atoms with E-state index in [1.807, 2.05) is 43.4 Å². The minimum atomic E-state index is -0.203. The van der Waals surface area contributed by atoms with Crippen LogP contribution in [0.25, 0.3) is 22.3 Å². The molecule has 0 aliphatic carbocycles. The largest absolute Gasteiger partial charge is 0.341 e. The molecular weight excluding hydrogens is 384 g/mol. The Balaban J connectivity index is 1.59. The fourth-order valence-electron chi connectivity index (χ4n) is 3.31. The van der Waals surface area contributed by atoms with Gasteiger partial charge in [-0.05, 0) is 48.8 Å². The molecule has 0 spiro atoms. The second kappa shape index (κ2) is 8.48. The van der Waals surface area contributed by atoms with Crippen LogP contribution in [0.15, 0.2) is 54.9 Å². The first-order chi connectivity index (χ1) is 14.2. The average Bonchev–Trinajstić information content (AvgIpc) is 3.37. The lowest BCUT2D eigenvalue weighted by atomic mass is 10.2. The third-order valence-electron chi connectivity index (χ3n) is 4.83. The van der Waals surface area contributed by atoms with Crippen LogP contribution in [-0.2, 0) is 7.05 Å². The van der Waals surface area contributed by atoms with E-state index in [0.29, 0.717) is 11.4 Å². The Hall–Kier alpha value is -3.13. The van der Waals surface area contributed by atoms with Crippen LogP contribution >= 0.6 is 11.8 Å². The van der Waals surface area contributed by atoms with E-state index in [2.05, 4.69) is 31.3 Å². The number of aromatic amines is 1. The molecule has 4 rings (SSSR count). The van der Waals surface area contributed by atoms with Gasteiger partial charge in [-0.15, -0.1) is 0 Å². The van der Waals surface area contributed by atoms with Crippen molar-refractivity contribution < 1.29 is 4.79 Å².